The summed E-state index contributed by atoms with van der Waals surface area (Å²) in [4.78, 5) is 0. The van der Waals surface area contributed by atoms with E-state index in [1.165, 1.54) is 5.56 Å². The zero-order valence-electron chi connectivity index (χ0n) is 8.84. The second kappa shape index (κ2) is 4.41. The van der Waals surface area contributed by atoms with Gasteiger partial charge in [0.05, 0.1) is 0 Å². The maximum Gasteiger partial charge on any atom is 0.231 e. The highest BCUT2D eigenvalue weighted by Crippen LogP contribution is 2.37. The molecule has 1 aliphatic heterocycles. The number of halogens is 1. The molecule has 82 valence electrons. The van der Waals surface area contributed by atoms with Crippen molar-refractivity contribution in [2.45, 2.75) is 19.4 Å². The van der Waals surface area contributed by atoms with Crippen molar-refractivity contribution in [1.29, 1.82) is 0 Å². The van der Waals surface area contributed by atoms with Gasteiger partial charge in [-0.05, 0) is 38.1 Å². The van der Waals surface area contributed by atoms with Crippen LogP contribution in [0.1, 0.15) is 12.5 Å². The first-order valence-corrected chi connectivity index (χ1v) is 5.75. The Hall–Kier alpha value is -0.740. The van der Waals surface area contributed by atoms with Crippen molar-refractivity contribution >= 4 is 15.9 Å². The fourth-order valence-corrected chi connectivity index (χ4v) is 2.03. The van der Waals surface area contributed by atoms with Gasteiger partial charge in [0.2, 0.25) is 6.79 Å². The predicted octanol–water partition coefficient (Wildman–Crippen LogP) is 2.33. The third-order valence-corrected chi connectivity index (χ3v) is 3.30. The normalized spacial score (nSPS) is 15.4. The van der Waals surface area contributed by atoms with E-state index in [0.717, 1.165) is 22.4 Å². The van der Waals surface area contributed by atoms with E-state index in [1.54, 1.807) is 0 Å². The number of rotatable bonds is 3. The summed E-state index contributed by atoms with van der Waals surface area (Å²) in [5.41, 5.74) is 1.24. The quantitative estimate of drug-likeness (QED) is 0.916. The molecular formula is C11H14BrNO2. The van der Waals surface area contributed by atoms with Crippen molar-refractivity contribution < 1.29 is 9.47 Å². The largest absolute Gasteiger partial charge is 0.454 e. The fraction of sp³-hybridized carbons (Fsp3) is 0.455. The van der Waals surface area contributed by atoms with Gasteiger partial charge >= 0.3 is 0 Å². The van der Waals surface area contributed by atoms with Crippen molar-refractivity contribution in [3.05, 3.63) is 22.2 Å². The number of hydrogen-bond acceptors (Lipinski definition) is 3. The summed E-state index contributed by atoms with van der Waals surface area (Å²) in [6.07, 6.45) is 0.966. The van der Waals surface area contributed by atoms with Crippen LogP contribution in [0.4, 0.5) is 0 Å². The molecule has 1 aromatic rings. The van der Waals surface area contributed by atoms with Crippen molar-refractivity contribution in [3.63, 3.8) is 0 Å². The van der Waals surface area contributed by atoms with E-state index in [4.69, 9.17) is 9.47 Å². The van der Waals surface area contributed by atoms with E-state index >= 15 is 0 Å². The van der Waals surface area contributed by atoms with Crippen LogP contribution in [0.15, 0.2) is 16.6 Å². The average Bonchev–Trinajstić information content (AvgIpc) is 2.65. The Morgan fingerprint density at radius 1 is 1.40 bits per heavy atom. The van der Waals surface area contributed by atoms with Gasteiger partial charge in [-0.15, -0.1) is 0 Å². The fourth-order valence-electron chi connectivity index (χ4n) is 1.55. The molecule has 1 N–H and O–H groups in total. The maximum atomic E-state index is 5.35. The lowest BCUT2D eigenvalue weighted by molar-refractivity contribution is 0.174. The first kappa shape index (κ1) is 10.8. The van der Waals surface area contributed by atoms with Gasteiger partial charge in [0, 0.05) is 10.5 Å². The monoisotopic (exact) mass is 271 g/mol. The van der Waals surface area contributed by atoms with Crippen molar-refractivity contribution in [3.8, 4) is 11.5 Å². The average molecular weight is 272 g/mol. The summed E-state index contributed by atoms with van der Waals surface area (Å²) < 4.78 is 11.7. The van der Waals surface area contributed by atoms with E-state index in [-0.39, 0.29) is 0 Å². The molecular weight excluding hydrogens is 258 g/mol. The van der Waals surface area contributed by atoms with Crippen LogP contribution in [0.5, 0.6) is 11.5 Å². The molecule has 0 bridgehead atoms. The van der Waals surface area contributed by atoms with Gasteiger partial charge in [-0.2, -0.15) is 0 Å². The third kappa shape index (κ3) is 2.26. The highest BCUT2D eigenvalue weighted by atomic mass is 79.9. The second-order valence-electron chi connectivity index (χ2n) is 3.69. The van der Waals surface area contributed by atoms with E-state index in [1.807, 2.05) is 19.2 Å². The zero-order chi connectivity index (χ0) is 10.8. The number of hydrogen-bond donors (Lipinski definition) is 1. The zero-order valence-corrected chi connectivity index (χ0v) is 10.4. The Balaban J connectivity index is 2.24. The molecule has 1 heterocycles. The standard InChI is InChI=1S/C11H14BrNO2/c1-7(13-2)3-8-4-10-11(5-9(8)12)15-6-14-10/h4-5,7,13H,3,6H2,1-2H3. The molecule has 0 spiro atoms. The van der Waals surface area contributed by atoms with Crippen LogP contribution < -0.4 is 14.8 Å². The Morgan fingerprint density at radius 3 is 2.73 bits per heavy atom. The molecule has 0 saturated carbocycles. The molecule has 0 amide bonds. The van der Waals surface area contributed by atoms with Gasteiger partial charge in [0.1, 0.15) is 0 Å². The van der Waals surface area contributed by atoms with E-state index in [2.05, 4.69) is 28.2 Å². The second-order valence-corrected chi connectivity index (χ2v) is 4.55. The molecule has 0 aliphatic carbocycles. The lowest BCUT2D eigenvalue weighted by Crippen LogP contribution is -2.23. The lowest BCUT2D eigenvalue weighted by Gasteiger charge is -2.12. The predicted molar refractivity (Wildman–Crippen MR) is 62.5 cm³/mol. The minimum Gasteiger partial charge on any atom is -0.454 e. The first-order chi connectivity index (χ1) is 7.20. The Bertz CT molecular complexity index is 368. The molecule has 1 unspecified atom stereocenters. The topological polar surface area (TPSA) is 30.5 Å². The molecule has 2 rings (SSSR count). The first-order valence-electron chi connectivity index (χ1n) is 4.96. The Morgan fingerprint density at radius 2 is 2.07 bits per heavy atom. The minimum absolute atomic E-state index is 0.326. The van der Waals surface area contributed by atoms with Crippen molar-refractivity contribution in [2.75, 3.05) is 13.8 Å². The van der Waals surface area contributed by atoms with E-state index in [0.29, 0.717) is 12.8 Å². The van der Waals surface area contributed by atoms with Crippen LogP contribution in [-0.4, -0.2) is 19.9 Å². The summed E-state index contributed by atoms with van der Waals surface area (Å²) in [5, 5.41) is 3.22. The van der Waals surface area contributed by atoms with Crippen LogP contribution in [0.2, 0.25) is 0 Å². The molecule has 1 atom stereocenters. The SMILES string of the molecule is CNC(C)Cc1cc2c(cc1Br)OCO2. The van der Waals surface area contributed by atoms with E-state index < -0.39 is 0 Å². The number of ether oxygens (including phenoxy) is 2. The van der Waals surface area contributed by atoms with Gasteiger partial charge in [0.15, 0.2) is 11.5 Å². The van der Waals surface area contributed by atoms with Crippen LogP contribution in [0.3, 0.4) is 0 Å². The third-order valence-electron chi connectivity index (χ3n) is 2.56. The Kier molecular flexibility index (Phi) is 3.17. The number of nitrogens with one attached hydrogen (secondary N) is 1. The molecule has 0 saturated heterocycles. The molecule has 0 fully saturated rings. The van der Waals surface area contributed by atoms with E-state index in [9.17, 15) is 0 Å². The number of benzene rings is 1. The molecule has 0 radical (unpaired) electrons. The van der Waals surface area contributed by atoms with Gasteiger partial charge in [0.25, 0.3) is 0 Å². The summed E-state index contributed by atoms with van der Waals surface area (Å²) in [6, 6.07) is 4.46. The Labute approximate surface area is 97.9 Å². The van der Waals surface area contributed by atoms with Crippen LogP contribution in [-0.2, 0) is 6.42 Å². The number of fused-ring (bicyclic) bond motifs is 1. The van der Waals surface area contributed by atoms with Gasteiger partial charge in [-0.25, -0.2) is 0 Å². The molecule has 15 heavy (non-hydrogen) atoms. The summed E-state index contributed by atoms with van der Waals surface area (Å²) >= 11 is 3.54. The van der Waals surface area contributed by atoms with Crippen LogP contribution >= 0.6 is 15.9 Å². The summed E-state index contributed by atoms with van der Waals surface area (Å²) in [6.45, 7) is 2.48. The van der Waals surface area contributed by atoms with Crippen LogP contribution in [0.25, 0.3) is 0 Å². The smallest absolute Gasteiger partial charge is 0.231 e. The van der Waals surface area contributed by atoms with Crippen LogP contribution in [0, 0.1) is 0 Å². The summed E-state index contributed by atoms with van der Waals surface area (Å²) in [7, 11) is 1.96. The maximum absolute atomic E-state index is 5.35. The molecule has 0 aromatic heterocycles. The highest BCUT2D eigenvalue weighted by Gasteiger charge is 2.16. The summed E-state index contributed by atoms with van der Waals surface area (Å²) in [5.74, 6) is 1.67. The van der Waals surface area contributed by atoms with Gasteiger partial charge in [-0.1, -0.05) is 15.9 Å². The molecule has 3 nitrogen and oxygen atoms in total. The van der Waals surface area contributed by atoms with Gasteiger partial charge in [-0.3, -0.25) is 0 Å². The molecule has 4 heteroatoms. The lowest BCUT2D eigenvalue weighted by atomic mass is 10.1. The molecule has 1 aliphatic rings. The van der Waals surface area contributed by atoms with Gasteiger partial charge < -0.3 is 14.8 Å². The molecule has 1 aromatic carbocycles. The van der Waals surface area contributed by atoms with Crippen molar-refractivity contribution in [2.24, 2.45) is 0 Å². The number of likely N-dealkylation sites (N-methyl/N-ethyl adjacent to an activating group) is 1. The highest BCUT2D eigenvalue weighted by molar-refractivity contribution is 9.10. The van der Waals surface area contributed by atoms with Crippen molar-refractivity contribution in [1.82, 2.24) is 5.32 Å². The minimum atomic E-state index is 0.326.